The predicted octanol–water partition coefficient (Wildman–Crippen LogP) is 1.88. The average Bonchev–Trinajstić information content (AvgIpc) is 3.10. The number of rotatable bonds is 5. The van der Waals surface area contributed by atoms with Gasteiger partial charge < -0.3 is 15.3 Å². The molecule has 0 bridgehead atoms. The van der Waals surface area contributed by atoms with Crippen molar-refractivity contribution in [2.45, 2.75) is 31.5 Å². The molecule has 2 heterocycles. The minimum atomic E-state index is -4.73. The van der Waals surface area contributed by atoms with Crippen LogP contribution in [0.15, 0.2) is 18.2 Å². The van der Waals surface area contributed by atoms with E-state index in [0.29, 0.717) is 57.6 Å². The maximum atomic E-state index is 13.5. The molecule has 2 amide bonds. The average molecular weight is 431 g/mol. The summed E-state index contributed by atoms with van der Waals surface area (Å²) in [6, 6.07) is 1.77. The topological polar surface area (TPSA) is 72.9 Å². The summed E-state index contributed by atoms with van der Waals surface area (Å²) >= 11 is 0. The number of alkyl halides is 3. The fourth-order valence-corrected chi connectivity index (χ4v) is 3.86. The largest absolute Gasteiger partial charge is 0.416 e. The van der Waals surface area contributed by atoms with Gasteiger partial charge in [0.05, 0.1) is 18.2 Å². The lowest BCUT2D eigenvalue weighted by atomic mass is 9.96. The van der Waals surface area contributed by atoms with E-state index in [1.807, 2.05) is 4.90 Å². The first-order valence-electron chi connectivity index (χ1n) is 9.96. The van der Waals surface area contributed by atoms with Crippen LogP contribution in [0.5, 0.6) is 0 Å². The molecular weight excluding hydrogens is 406 g/mol. The first-order chi connectivity index (χ1) is 14.1. The lowest BCUT2D eigenvalue weighted by Gasteiger charge is -2.33. The van der Waals surface area contributed by atoms with E-state index >= 15 is 0 Å². The number of nitrogens with zero attached hydrogens (tertiary/aromatic N) is 2. The molecule has 2 fully saturated rings. The standard InChI is InChI=1S/C20H25F4N3O3/c21-16-8-14(7-15(9-16)20(22,23)24)19(30)25-10-13-1-5-27(6-2-13)18(29)12-26-4-3-17(28)11-26/h7-9,13,17,28H,1-6,10-12H2,(H,25,30). The maximum absolute atomic E-state index is 13.5. The second-order valence-corrected chi connectivity index (χ2v) is 7.94. The Hall–Kier alpha value is -2.20. The summed E-state index contributed by atoms with van der Waals surface area (Å²) < 4.78 is 51.8. The highest BCUT2D eigenvalue weighted by atomic mass is 19.4. The van der Waals surface area contributed by atoms with E-state index in [-0.39, 0.29) is 36.6 Å². The van der Waals surface area contributed by atoms with Gasteiger partial charge in [0, 0.05) is 38.3 Å². The van der Waals surface area contributed by atoms with E-state index in [1.54, 1.807) is 4.90 Å². The summed E-state index contributed by atoms with van der Waals surface area (Å²) in [5.41, 5.74) is -1.58. The van der Waals surface area contributed by atoms with Gasteiger partial charge in [-0.1, -0.05) is 0 Å². The van der Waals surface area contributed by atoms with Gasteiger partial charge in [0.2, 0.25) is 5.91 Å². The van der Waals surface area contributed by atoms with Crippen LogP contribution >= 0.6 is 0 Å². The SMILES string of the molecule is O=C(NCC1CCN(C(=O)CN2CCC(O)C2)CC1)c1cc(F)cc(C(F)(F)F)c1. The van der Waals surface area contributed by atoms with Crippen molar-refractivity contribution in [3.63, 3.8) is 0 Å². The summed E-state index contributed by atoms with van der Waals surface area (Å²) in [6.45, 7) is 2.80. The smallest absolute Gasteiger partial charge is 0.392 e. The molecule has 6 nitrogen and oxygen atoms in total. The van der Waals surface area contributed by atoms with Gasteiger partial charge in [-0.25, -0.2) is 4.39 Å². The second kappa shape index (κ2) is 9.30. The van der Waals surface area contributed by atoms with Crippen LogP contribution < -0.4 is 5.32 Å². The molecule has 2 aliphatic heterocycles. The van der Waals surface area contributed by atoms with Gasteiger partial charge in [0.15, 0.2) is 0 Å². The van der Waals surface area contributed by atoms with Crippen molar-refractivity contribution in [3.05, 3.63) is 35.1 Å². The highest BCUT2D eigenvalue weighted by Gasteiger charge is 2.32. The number of hydrogen-bond donors (Lipinski definition) is 2. The molecule has 0 aliphatic carbocycles. The summed E-state index contributed by atoms with van der Waals surface area (Å²) in [5.74, 6) is -1.79. The Morgan fingerprint density at radius 1 is 1.10 bits per heavy atom. The minimum absolute atomic E-state index is 0.00558. The molecule has 0 aromatic heterocycles. The number of likely N-dealkylation sites (tertiary alicyclic amines) is 2. The number of halogens is 4. The van der Waals surface area contributed by atoms with E-state index in [4.69, 9.17) is 0 Å². The first kappa shape index (κ1) is 22.5. The molecule has 1 unspecified atom stereocenters. The molecular formula is C20H25F4N3O3. The lowest BCUT2D eigenvalue weighted by Crippen LogP contribution is -2.45. The number of carbonyl (C=O) groups excluding carboxylic acids is 2. The Morgan fingerprint density at radius 3 is 2.40 bits per heavy atom. The number of amides is 2. The Bertz CT molecular complexity index is 779. The molecule has 2 aliphatic rings. The second-order valence-electron chi connectivity index (χ2n) is 7.94. The number of carbonyl (C=O) groups is 2. The third-order valence-corrected chi connectivity index (χ3v) is 5.61. The highest BCUT2D eigenvalue weighted by molar-refractivity contribution is 5.94. The number of β-amino-alcohol motifs (C(OH)–C–C–N with tert-alkyl or cyclic N) is 1. The van der Waals surface area contributed by atoms with Crippen molar-refractivity contribution in [1.82, 2.24) is 15.1 Å². The van der Waals surface area contributed by atoms with Crippen LogP contribution in [0.25, 0.3) is 0 Å². The summed E-state index contributed by atoms with van der Waals surface area (Å²) in [7, 11) is 0. The number of piperidine rings is 1. The van der Waals surface area contributed by atoms with Crippen molar-refractivity contribution in [2.24, 2.45) is 5.92 Å². The zero-order valence-corrected chi connectivity index (χ0v) is 16.4. The van der Waals surface area contributed by atoms with Gasteiger partial charge in [0.25, 0.3) is 5.91 Å². The lowest BCUT2D eigenvalue weighted by molar-refractivity contribution is -0.138. The third-order valence-electron chi connectivity index (χ3n) is 5.61. The number of aliphatic hydroxyl groups is 1. The van der Waals surface area contributed by atoms with Gasteiger partial charge in [-0.3, -0.25) is 14.5 Å². The number of benzene rings is 1. The van der Waals surface area contributed by atoms with Gasteiger partial charge in [-0.2, -0.15) is 13.2 Å². The van der Waals surface area contributed by atoms with Crippen molar-refractivity contribution < 1.29 is 32.3 Å². The van der Waals surface area contributed by atoms with Crippen LogP contribution in [0.4, 0.5) is 17.6 Å². The molecule has 1 aromatic rings. The molecule has 166 valence electrons. The molecule has 2 saturated heterocycles. The van der Waals surface area contributed by atoms with Gasteiger partial charge >= 0.3 is 6.18 Å². The zero-order valence-electron chi connectivity index (χ0n) is 16.4. The number of hydrogen-bond acceptors (Lipinski definition) is 4. The molecule has 10 heteroatoms. The monoisotopic (exact) mass is 431 g/mol. The van der Waals surface area contributed by atoms with Gasteiger partial charge in [-0.05, 0) is 43.4 Å². The molecule has 0 radical (unpaired) electrons. The van der Waals surface area contributed by atoms with Crippen LogP contribution in [0.1, 0.15) is 35.2 Å². The molecule has 1 aromatic carbocycles. The van der Waals surface area contributed by atoms with E-state index in [2.05, 4.69) is 5.32 Å². The highest BCUT2D eigenvalue weighted by Crippen LogP contribution is 2.30. The van der Waals surface area contributed by atoms with Crippen molar-refractivity contribution in [3.8, 4) is 0 Å². The van der Waals surface area contributed by atoms with Crippen LogP contribution in [0.2, 0.25) is 0 Å². The fourth-order valence-electron chi connectivity index (χ4n) is 3.86. The van der Waals surface area contributed by atoms with Crippen molar-refractivity contribution in [1.29, 1.82) is 0 Å². The molecule has 30 heavy (non-hydrogen) atoms. The number of aliphatic hydroxyl groups excluding tert-OH is 1. The van der Waals surface area contributed by atoms with Crippen LogP contribution in [0, 0.1) is 11.7 Å². The summed E-state index contributed by atoms with van der Waals surface area (Å²) in [4.78, 5) is 28.2. The van der Waals surface area contributed by atoms with Crippen molar-refractivity contribution in [2.75, 3.05) is 39.3 Å². The van der Waals surface area contributed by atoms with E-state index < -0.39 is 23.5 Å². The van der Waals surface area contributed by atoms with E-state index in [0.717, 1.165) is 6.07 Å². The quantitative estimate of drug-likeness (QED) is 0.699. The summed E-state index contributed by atoms with van der Waals surface area (Å²) in [6.07, 6.45) is -3.12. The van der Waals surface area contributed by atoms with Gasteiger partial charge in [-0.15, -0.1) is 0 Å². The van der Waals surface area contributed by atoms with Crippen LogP contribution in [-0.2, 0) is 11.0 Å². The molecule has 3 rings (SSSR count). The Labute approximate surface area is 171 Å². The van der Waals surface area contributed by atoms with Crippen LogP contribution in [-0.4, -0.2) is 72.1 Å². The Morgan fingerprint density at radius 2 is 1.80 bits per heavy atom. The predicted molar refractivity (Wildman–Crippen MR) is 100 cm³/mol. The van der Waals surface area contributed by atoms with E-state index in [1.165, 1.54) is 0 Å². The van der Waals surface area contributed by atoms with Crippen LogP contribution in [0.3, 0.4) is 0 Å². The summed E-state index contributed by atoms with van der Waals surface area (Å²) in [5, 5.41) is 12.1. The first-order valence-corrected chi connectivity index (χ1v) is 9.96. The molecule has 0 saturated carbocycles. The van der Waals surface area contributed by atoms with E-state index in [9.17, 15) is 32.3 Å². The minimum Gasteiger partial charge on any atom is -0.392 e. The molecule has 0 spiro atoms. The maximum Gasteiger partial charge on any atom is 0.416 e. The molecule has 1 atom stereocenters. The van der Waals surface area contributed by atoms with Crippen molar-refractivity contribution >= 4 is 11.8 Å². The Balaban J connectivity index is 1.45. The third kappa shape index (κ3) is 5.91. The normalized spacial score (nSPS) is 21.1. The van der Waals surface area contributed by atoms with Gasteiger partial charge in [0.1, 0.15) is 5.82 Å². The molecule has 2 N–H and O–H groups in total. The fraction of sp³-hybridized carbons (Fsp3) is 0.600. The zero-order chi connectivity index (χ0) is 21.9. The Kier molecular flexibility index (Phi) is 6.97. The number of nitrogens with one attached hydrogen (secondary N) is 1.